The van der Waals surface area contributed by atoms with Crippen LogP contribution in [0.1, 0.15) is 284 Å². The van der Waals surface area contributed by atoms with E-state index in [1.807, 2.05) is 0 Å². The maximum atomic E-state index is 12.6. The molecule has 1 unspecified atom stereocenters. The highest BCUT2D eigenvalue weighted by molar-refractivity contribution is 5.71. The molecule has 0 aromatic rings. The first-order valence-corrected chi connectivity index (χ1v) is 28.3. The van der Waals surface area contributed by atoms with Crippen LogP contribution in [0.4, 0.5) is 0 Å². The molecule has 0 heterocycles. The van der Waals surface area contributed by atoms with E-state index in [4.69, 9.17) is 14.2 Å². The van der Waals surface area contributed by atoms with Gasteiger partial charge in [-0.1, -0.05) is 261 Å². The molecule has 0 aliphatic heterocycles. The molecule has 6 heteroatoms. The summed E-state index contributed by atoms with van der Waals surface area (Å²) in [6.07, 6.45) is 68.7. The van der Waals surface area contributed by atoms with Crippen LogP contribution in [-0.2, 0) is 28.6 Å². The van der Waals surface area contributed by atoms with E-state index in [0.717, 1.165) is 89.9 Å². The Labute approximate surface area is 409 Å². The molecule has 0 rings (SSSR count). The predicted molar refractivity (Wildman–Crippen MR) is 284 cm³/mol. The van der Waals surface area contributed by atoms with E-state index in [1.165, 1.54) is 154 Å². The molecular formula is C60H106O6. The third-order valence-corrected chi connectivity index (χ3v) is 12.3. The average molecular weight is 924 g/mol. The lowest BCUT2D eigenvalue weighted by molar-refractivity contribution is -0.167. The maximum Gasteiger partial charge on any atom is 0.306 e. The minimum absolute atomic E-state index is 0.0692. The Morgan fingerprint density at radius 1 is 0.318 bits per heavy atom. The largest absolute Gasteiger partial charge is 0.462 e. The van der Waals surface area contributed by atoms with Crippen LogP contribution in [0.2, 0.25) is 0 Å². The van der Waals surface area contributed by atoms with Crippen LogP contribution >= 0.6 is 0 Å². The minimum Gasteiger partial charge on any atom is -0.462 e. The fourth-order valence-electron chi connectivity index (χ4n) is 8.06. The lowest BCUT2D eigenvalue weighted by atomic mass is 10.0. The van der Waals surface area contributed by atoms with Crippen molar-refractivity contribution in [1.82, 2.24) is 0 Å². The number of ether oxygens (including phenoxy) is 3. The molecule has 1 atom stereocenters. The van der Waals surface area contributed by atoms with Crippen LogP contribution in [0.3, 0.4) is 0 Å². The van der Waals surface area contributed by atoms with Crippen molar-refractivity contribution in [1.29, 1.82) is 0 Å². The average Bonchev–Trinajstić information content (AvgIpc) is 3.31. The van der Waals surface area contributed by atoms with Gasteiger partial charge < -0.3 is 14.2 Å². The number of esters is 3. The zero-order chi connectivity index (χ0) is 47.9. The fourth-order valence-corrected chi connectivity index (χ4v) is 8.06. The van der Waals surface area contributed by atoms with Crippen molar-refractivity contribution in [2.24, 2.45) is 0 Å². The van der Waals surface area contributed by atoms with Crippen molar-refractivity contribution in [2.45, 2.75) is 290 Å². The van der Waals surface area contributed by atoms with Crippen LogP contribution in [0.5, 0.6) is 0 Å². The van der Waals surface area contributed by atoms with Gasteiger partial charge in [-0.25, -0.2) is 0 Å². The van der Waals surface area contributed by atoms with E-state index in [2.05, 4.69) is 81.5 Å². The van der Waals surface area contributed by atoms with Gasteiger partial charge in [0.25, 0.3) is 0 Å². The van der Waals surface area contributed by atoms with Gasteiger partial charge in [0.05, 0.1) is 0 Å². The first-order chi connectivity index (χ1) is 32.5. The van der Waals surface area contributed by atoms with Crippen molar-refractivity contribution < 1.29 is 28.6 Å². The summed E-state index contributed by atoms with van der Waals surface area (Å²) < 4.78 is 16.6. The summed E-state index contributed by atoms with van der Waals surface area (Å²) in [6.45, 7) is 6.43. The molecule has 382 valence electrons. The second kappa shape index (κ2) is 54.7. The summed E-state index contributed by atoms with van der Waals surface area (Å²) in [7, 11) is 0. The van der Waals surface area contributed by atoms with E-state index in [9.17, 15) is 14.4 Å². The third-order valence-electron chi connectivity index (χ3n) is 12.3. The second-order valence-electron chi connectivity index (χ2n) is 18.8. The molecule has 0 aliphatic rings. The molecule has 0 aromatic carbocycles. The van der Waals surface area contributed by atoms with Gasteiger partial charge in [-0.05, 0) is 64.2 Å². The molecule has 0 spiro atoms. The highest BCUT2D eigenvalue weighted by Gasteiger charge is 2.19. The van der Waals surface area contributed by atoms with E-state index in [0.29, 0.717) is 19.3 Å². The van der Waals surface area contributed by atoms with Gasteiger partial charge in [-0.2, -0.15) is 0 Å². The first-order valence-electron chi connectivity index (χ1n) is 28.3. The lowest BCUT2D eigenvalue weighted by Crippen LogP contribution is -2.30. The standard InChI is InChI=1S/C60H106O6/c1-4-7-10-13-16-17-18-19-20-21-22-23-24-25-26-27-28-29-30-31-32-33-34-35-36-37-38-39-40-41-42-43-45-47-50-53-59(62)65-56-57(55-64-58(61)52-49-46-15-12-9-6-3)66-60(63)54-51-48-44-14-11-8-5-2/h7,10,16-17,19-20,22-23,25-26,57H,4-6,8-9,11-15,18,21,24,27-56H2,1-3H3/b10-7-,17-16-,20-19-,23-22-,26-25-. The van der Waals surface area contributed by atoms with Crippen molar-refractivity contribution in [3.63, 3.8) is 0 Å². The molecule has 0 saturated heterocycles. The Hall–Kier alpha value is -2.89. The van der Waals surface area contributed by atoms with Crippen molar-refractivity contribution in [2.75, 3.05) is 13.2 Å². The number of hydrogen-bond donors (Lipinski definition) is 0. The zero-order valence-electron chi connectivity index (χ0n) is 43.7. The Bertz CT molecular complexity index is 1200. The topological polar surface area (TPSA) is 78.9 Å². The van der Waals surface area contributed by atoms with E-state index in [-0.39, 0.29) is 31.1 Å². The number of allylic oxidation sites excluding steroid dienone is 10. The fraction of sp³-hybridized carbons (Fsp3) is 0.783. The smallest absolute Gasteiger partial charge is 0.306 e. The van der Waals surface area contributed by atoms with Crippen LogP contribution < -0.4 is 0 Å². The van der Waals surface area contributed by atoms with Crippen molar-refractivity contribution in [3.05, 3.63) is 60.8 Å². The predicted octanol–water partition coefficient (Wildman–Crippen LogP) is 18.8. The number of hydrogen-bond acceptors (Lipinski definition) is 6. The van der Waals surface area contributed by atoms with Gasteiger partial charge in [-0.3, -0.25) is 14.4 Å². The number of carbonyl (C=O) groups excluding carboxylic acids is 3. The summed E-state index contributed by atoms with van der Waals surface area (Å²) in [5.74, 6) is -0.878. The van der Waals surface area contributed by atoms with E-state index in [1.54, 1.807) is 0 Å². The Morgan fingerprint density at radius 3 is 0.924 bits per heavy atom. The molecule has 0 bridgehead atoms. The number of unbranched alkanes of at least 4 members (excludes halogenated alkanes) is 30. The monoisotopic (exact) mass is 923 g/mol. The molecule has 0 aromatic heterocycles. The molecule has 0 radical (unpaired) electrons. The molecule has 0 N–H and O–H groups in total. The minimum atomic E-state index is -0.762. The van der Waals surface area contributed by atoms with Crippen LogP contribution in [0.15, 0.2) is 60.8 Å². The molecule has 0 fully saturated rings. The zero-order valence-corrected chi connectivity index (χ0v) is 43.7. The summed E-state index contributed by atoms with van der Waals surface area (Å²) in [5.41, 5.74) is 0. The quantitative estimate of drug-likeness (QED) is 0.0262. The van der Waals surface area contributed by atoms with Crippen molar-refractivity contribution >= 4 is 17.9 Å². The highest BCUT2D eigenvalue weighted by Crippen LogP contribution is 2.16. The summed E-state index contributed by atoms with van der Waals surface area (Å²) >= 11 is 0. The molecule has 0 aliphatic carbocycles. The van der Waals surface area contributed by atoms with Crippen LogP contribution in [0.25, 0.3) is 0 Å². The maximum absolute atomic E-state index is 12.6. The van der Waals surface area contributed by atoms with Gasteiger partial charge in [0.15, 0.2) is 6.10 Å². The van der Waals surface area contributed by atoms with Crippen molar-refractivity contribution in [3.8, 4) is 0 Å². The number of carbonyl (C=O) groups is 3. The SMILES string of the molecule is CC/C=C\C/C=C\C/C=C\C/C=C\C/C=C\CCCCCCCCCCCCCCCCCCCCCC(=O)OCC(COC(=O)CCCCCCCC)OC(=O)CCCCCCCCC. The van der Waals surface area contributed by atoms with Gasteiger partial charge in [0, 0.05) is 19.3 Å². The van der Waals surface area contributed by atoms with E-state index >= 15 is 0 Å². The Morgan fingerprint density at radius 2 is 0.591 bits per heavy atom. The molecule has 0 saturated carbocycles. The summed E-state index contributed by atoms with van der Waals surface area (Å²) in [5, 5.41) is 0. The first kappa shape index (κ1) is 63.1. The summed E-state index contributed by atoms with van der Waals surface area (Å²) in [4.78, 5) is 37.5. The summed E-state index contributed by atoms with van der Waals surface area (Å²) in [6, 6.07) is 0. The molecule has 66 heavy (non-hydrogen) atoms. The van der Waals surface area contributed by atoms with Crippen LogP contribution in [0, 0.1) is 0 Å². The van der Waals surface area contributed by atoms with Gasteiger partial charge in [-0.15, -0.1) is 0 Å². The third kappa shape index (κ3) is 52.1. The Kier molecular flexibility index (Phi) is 52.3. The second-order valence-corrected chi connectivity index (χ2v) is 18.8. The lowest BCUT2D eigenvalue weighted by Gasteiger charge is -2.18. The van der Waals surface area contributed by atoms with Crippen LogP contribution in [-0.4, -0.2) is 37.2 Å². The molecule has 6 nitrogen and oxygen atoms in total. The normalized spacial score (nSPS) is 12.5. The van der Waals surface area contributed by atoms with Gasteiger partial charge in [0.1, 0.15) is 13.2 Å². The van der Waals surface area contributed by atoms with Gasteiger partial charge in [0.2, 0.25) is 0 Å². The molecular weight excluding hydrogens is 817 g/mol. The van der Waals surface area contributed by atoms with E-state index < -0.39 is 6.10 Å². The highest BCUT2D eigenvalue weighted by atomic mass is 16.6. The molecule has 0 amide bonds. The Balaban J connectivity index is 3.79. The number of rotatable bonds is 51. The van der Waals surface area contributed by atoms with Gasteiger partial charge >= 0.3 is 17.9 Å².